The quantitative estimate of drug-likeness (QED) is 0.498. The third-order valence-electron chi connectivity index (χ3n) is 2.76. The Morgan fingerprint density at radius 3 is 2.90 bits per heavy atom. The van der Waals surface area contributed by atoms with Crippen LogP contribution in [0, 0.1) is 3.57 Å². The SMILES string of the molecule is O=C(/C=C/c1c(Cl)nc2sccn12)Nc1ccc(I)cc1. The highest BCUT2D eigenvalue weighted by molar-refractivity contribution is 14.1. The van der Waals surface area contributed by atoms with E-state index in [1.807, 2.05) is 40.2 Å². The van der Waals surface area contributed by atoms with Crippen LogP contribution in [0.2, 0.25) is 5.15 Å². The Balaban J connectivity index is 1.76. The molecule has 21 heavy (non-hydrogen) atoms. The molecule has 4 nitrogen and oxygen atoms in total. The molecule has 0 fully saturated rings. The highest BCUT2D eigenvalue weighted by Gasteiger charge is 2.08. The normalized spacial score (nSPS) is 11.3. The number of aromatic nitrogens is 2. The fourth-order valence-electron chi connectivity index (χ4n) is 1.80. The van der Waals surface area contributed by atoms with E-state index >= 15 is 0 Å². The van der Waals surface area contributed by atoms with E-state index < -0.39 is 0 Å². The number of hydrogen-bond acceptors (Lipinski definition) is 3. The number of hydrogen-bond donors (Lipinski definition) is 1. The molecule has 1 aromatic carbocycles. The van der Waals surface area contributed by atoms with Gasteiger partial charge in [0.05, 0.1) is 5.69 Å². The van der Waals surface area contributed by atoms with Crippen molar-refractivity contribution < 1.29 is 4.79 Å². The third-order valence-corrected chi connectivity index (χ3v) is 4.51. The number of nitrogens with zero attached hydrogens (tertiary/aromatic N) is 2. The number of carbonyl (C=O) groups is 1. The number of fused-ring (bicyclic) bond motifs is 1. The van der Waals surface area contributed by atoms with Gasteiger partial charge in [-0.1, -0.05) is 11.6 Å². The fraction of sp³-hybridized carbons (Fsp3) is 0. The van der Waals surface area contributed by atoms with Crippen molar-refractivity contribution in [1.82, 2.24) is 9.38 Å². The molecular formula is C14H9ClIN3OS. The Labute approximate surface area is 143 Å². The number of amides is 1. The minimum atomic E-state index is -0.211. The number of benzene rings is 1. The lowest BCUT2D eigenvalue weighted by atomic mass is 10.3. The minimum absolute atomic E-state index is 0.211. The van der Waals surface area contributed by atoms with Crippen molar-refractivity contribution in [3.63, 3.8) is 0 Å². The van der Waals surface area contributed by atoms with Crippen molar-refractivity contribution in [3.8, 4) is 0 Å². The summed E-state index contributed by atoms with van der Waals surface area (Å²) in [6, 6.07) is 7.58. The standard InChI is InChI=1S/C14H9ClIN3OS/c15-13-11(19-7-8-21-14(19)18-13)5-6-12(20)17-10-3-1-9(16)2-4-10/h1-8H,(H,17,20)/b6-5+. The van der Waals surface area contributed by atoms with E-state index in [0.717, 1.165) is 14.2 Å². The van der Waals surface area contributed by atoms with Gasteiger partial charge in [-0.05, 0) is 52.9 Å². The predicted molar refractivity (Wildman–Crippen MR) is 94.9 cm³/mol. The van der Waals surface area contributed by atoms with Crippen LogP contribution in [-0.4, -0.2) is 15.3 Å². The summed E-state index contributed by atoms with van der Waals surface area (Å²) in [5.41, 5.74) is 1.45. The van der Waals surface area contributed by atoms with Crippen LogP contribution in [0.1, 0.15) is 5.69 Å². The van der Waals surface area contributed by atoms with Gasteiger partial charge in [-0.2, -0.15) is 0 Å². The van der Waals surface area contributed by atoms with Crippen molar-refractivity contribution in [2.24, 2.45) is 0 Å². The van der Waals surface area contributed by atoms with Gasteiger partial charge in [0.1, 0.15) is 0 Å². The van der Waals surface area contributed by atoms with Gasteiger partial charge in [0.25, 0.3) is 0 Å². The molecule has 0 atom stereocenters. The minimum Gasteiger partial charge on any atom is -0.323 e. The Kier molecular flexibility index (Phi) is 4.27. The number of imidazole rings is 1. The molecule has 3 aromatic rings. The maximum Gasteiger partial charge on any atom is 0.248 e. The molecule has 0 saturated heterocycles. The maximum absolute atomic E-state index is 11.9. The smallest absolute Gasteiger partial charge is 0.248 e. The monoisotopic (exact) mass is 429 g/mol. The molecule has 0 aliphatic carbocycles. The molecule has 0 bridgehead atoms. The second-order valence-corrected chi connectivity index (χ2v) is 6.65. The molecule has 2 heterocycles. The van der Waals surface area contributed by atoms with Gasteiger partial charge in [-0.25, -0.2) is 4.98 Å². The summed E-state index contributed by atoms with van der Waals surface area (Å²) in [7, 11) is 0. The Hall–Kier alpha value is -1.38. The van der Waals surface area contributed by atoms with Gasteiger partial charge >= 0.3 is 0 Å². The first kappa shape index (κ1) is 14.6. The van der Waals surface area contributed by atoms with Crippen molar-refractivity contribution >= 4 is 68.2 Å². The van der Waals surface area contributed by atoms with Gasteiger partial charge in [0.15, 0.2) is 10.1 Å². The summed E-state index contributed by atoms with van der Waals surface area (Å²) >= 11 is 9.77. The molecule has 0 aliphatic rings. The lowest BCUT2D eigenvalue weighted by molar-refractivity contribution is -0.111. The zero-order chi connectivity index (χ0) is 14.8. The number of halogens is 2. The summed E-state index contributed by atoms with van der Waals surface area (Å²) in [6.07, 6.45) is 4.98. The van der Waals surface area contributed by atoms with Gasteiger partial charge in [-0.15, -0.1) is 11.3 Å². The summed E-state index contributed by atoms with van der Waals surface area (Å²) in [5, 5.41) is 5.10. The van der Waals surface area contributed by atoms with Crippen LogP contribution in [0.5, 0.6) is 0 Å². The molecule has 7 heteroatoms. The van der Waals surface area contributed by atoms with Crippen LogP contribution in [0.4, 0.5) is 5.69 Å². The van der Waals surface area contributed by atoms with Crippen LogP contribution >= 0.6 is 45.5 Å². The molecule has 0 aliphatic heterocycles. The number of carbonyl (C=O) groups excluding carboxylic acids is 1. The predicted octanol–water partition coefficient (Wildman–Crippen LogP) is 4.31. The summed E-state index contributed by atoms with van der Waals surface area (Å²) in [4.78, 5) is 16.9. The van der Waals surface area contributed by atoms with E-state index in [0.29, 0.717) is 10.8 Å². The molecule has 0 radical (unpaired) electrons. The number of rotatable bonds is 3. The molecule has 3 rings (SSSR count). The molecule has 0 saturated carbocycles. The molecule has 2 aromatic heterocycles. The zero-order valence-electron chi connectivity index (χ0n) is 10.6. The first-order chi connectivity index (χ1) is 10.1. The van der Waals surface area contributed by atoms with E-state index in [1.165, 1.54) is 17.4 Å². The molecule has 1 N–H and O–H groups in total. The van der Waals surface area contributed by atoms with Crippen LogP contribution in [0.25, 0.3) is 11.0 Å². The Morgan fingerprint density at radius 2 is 2.14 bits per heavy atom. The van der Waals surface area contributed by atoms with E-state index in [4.69, 9.17) is 11.6 Å². The van der Waals surface area contributed by atoms with Crippen LogP contribution in [0.3, 0.4) is 0 Å². The van der Waals surface area contributed by atoms with Crippen molar-refractivity contribution in [1.29, 1.82) is 0 Å². The zero-order valence-corrected chi connectivity index (χ0v) is 14.3. The number of anilines is 1. The molecule has 0 unspecified atom stereocenters. The molecular weight excluding hydrogens is 421 g/mol. The van der Waals surface area contributed by atoms with Gasteiger partial charge in [0.2, 0.25) is 5.91 Å². The lowest BCUT2D eigenvalue weighted by Crippen LogP contribution is -2.07. The first-order valence-corrected chi connectivity index (χ1v) is 8.33. The molecule has 106 valence electrons. The van der Waals surface area contributed by atoms with E-state index in [9.17, 15) is 4.79 Å². The number of thiazole rings is 1. The summed E-state index contributed by atoms with van der Waals surface area (Å²) < 4.78 is 2.97. The first-order valence-electron chi connectivity index (χ1n) is 5.99. The number of nitrogens with one attached hydrogen (secondary N) is 1. The van der Waals surface area contributed by atoms with Crippen molar-refractivity contribution in [2.45, 2.75) is 0 Å². The van der Waals surface area contributed by atoms with Crippen LogP contribution in [0.15, 0.2) is 41.9 Å². The summed E-state index contributed by atoms with van der Waals surface area (Å²) in [5.74, 6) is -0.211. The average Bonchev–Trinajstić information content (AvgIpc) is 3.00. The third kappa shape index (κ3) is 3.28. The maximum atomic E-state index is 11.9. The molecule has 0 spiro atoms. The lowest BCUT2D eigenvalue weighted by Gasteiger charge is -2.01. The topological polar surface area (TPSA) is 46.4 Å². The van der Waals surface area contributed by atoms with Gasteiger partial charge in [0, 0.05) is 26.9 Å². The Morgan fingerprint density at radius 1 is 1.38 bits per heavy atom. The largest absolute Gasteiger partial charge is 0.323 e. The highest BCUT2D eigenvalue weighted by atomic mass is 127. The van der Waals surface area contributed by atoms with E-state index in [-0.39, 0.29) is 5.91 Å². The fourth-order valence-corrected chi connectivity index (χ4v) is 3.16. The van der Waals surface area contributed by atoms with E-state index in [1.54, 1.807) is 6.08 Å². The van der Waals surface area contributed by atoms with Gasteiger partial charge < -0.3 is 5.32 Å². The van der Waals surface area contributed by atoms with Gasteiger partial charge in [-0.3, -0.25) is 9.20 Å². The van der Waals surface area contributed by atoms with Crippen molar-refractivity contribution in [2.75, 3.05) is 5.32 Å². The second kappa shape index (κ2) is 6.17. The van der Waals surface area contributed by atoms with Crippen LogP contribution in [-0.2, 0) is 4.79 Å². The van der Waals surface area contributed by atoms with Crippen LogP contribution < -0.4 is 5.32 Å². The average molecular weight is 430 g/mol. The molecule has 1 amide bonds. The van der Waals surface area contributed by atoms with Crippen molar-refractivity contribution in [3.05, 3.63) is 56.3 Å². The summed E-state index contributed by atoms with van der Waals surface area (Å²) in [6.45, 7) is 0. The highest BCUT2D eigenvalue weighted by Crippen LogP contribution is 2.22. The second-order valence-electron chi connectivity index (χ2n) is 4.17. The van der Waals surface area contributed by atoms with E-state index in [2.05, 4.69) is 32.9 Å². The Bertz CT molecular complexity index is 822.